The third kappa shape index (κ3) is 12.4. The predicted molar refractivity (Wildman–Crippen MR) is 293 cm³/mol. The number of carboxylic acids is 3. The summed E-state index contributed by atoms with van der Waals surface area (Å²) < 4.78 is 19.5. The number of carboxylic acid groups (broad SMARTS) is 3. The van der Waals surface area contributed by atoms with Crippen molar-refractivity contribution in [3.05, 3.63) is 164 Å². The molecule has 0 unspecified atom stereocenters. The van der Waals surface area contributed by atoms with Gasteiger partial charge in [-0.3, -0.25) is 0 Å². The van der Waals surface area contributed by atoms with E-state index in [1.165, 1.54) is 44.4 Å². The van der Waals surface area contributed by atoms with Crippen molar-refractivity contribution in [3.8, 4) is 0 Å². The maximum atomic E-state index is 12.8. The minimum atomic E-state index is -1.22. The molecule has 3 N–H and O–H groups in total. The Morgan fingerprint density at radius 1 is 0.338 bits per heavy atom. The molecule has 0 saturated heterocycles. The van der Waals surface area contributed by atoms with Crippen LogP contribution in [0.4, 0.5) is 34.1 Å². The van der Waals surface area contributed by atoms with Gasteiger partial charge in [-0.2, -0.15) is 0 Å². The van der Waals surface area contributed by atoms with Crippen LogP contribution in [0.2, 0.25) is 0 Å². The molecule has 0 fully saturated rings. The maximum Gasteiger partial charge on any atom is 0.340 e. The summed E-state index contributed by atoms with van der Waals surface area (Å²) in [6.45, 7) is 0. The van der Waals surface area contributed by atoms with E-state index in [2.05, 4.69) is 67.8 Å². The highest BCUT2D eigenvalue weighted by molar-refractivity contribution is 14.1. The fourth-order valence-corrected chi connectivity index (χ4v) is 9.28. The summed E-state index contributed by atoms with van der Waals surface area (Å²) in [5, 5.41) is 29.4. The smallest absolute Gasteiger partial charge is 0.340 e. The number of benzene rings is 6. The number of nitrogens with zero attached hydrogens (tertiary/aromatic N) is 2. The molecule has 65 heavy (non-hydrogen) atoms. The van der Waals surface area contributed by atoms with E-state index in [1.807, 2.05) is 86.0 Å². The van der Waals surface area contributed by atoms with Crippen LogP contribution in [0.3, 0.4) is 0 Å². The molecule has 6 aromatic carbocycles. The molecule has 6 rings (SSSR count). The summed E-state index contributed by atoms with van der Waals surface area (Å²) in [7, 11) is 3.89. The molecule has 14 nitrogen and oxygen atoms in total. The highest BCUT2D eigenvalue weighted by Gasteiger charge is 2.30. The van der Waals surface area contributed by atoms with Gasteiger partial charge in [0.2, 0.25) is 0 Å². The molecule has 0 radical (unpaired) electrons. The molecule has 0 bridgehead atoms. The van der Waals surface area contributed by atoms with Crippen molar-refractivity contribution in [2.24, 2.45) is 0 Å². The number of hydrogen-bond acceptors (Lipinski definition) is 11. The molecule has 0 spiro atoms. The summed E-state index contributed by atoms with van der Waals surface area (Å²) in [6.07, 6.45) is 0. The Bertz CT molecular complexity index is 2590. The molecule has 20 heteroatoms. The zero-order chi connectivity index (χ0) is 47.9. The van der Waals surface area contributed by atoms with Crippen molar-refractivity contribution in [2.45, 2.75) is 0 Å². The highest BCUT2D eigenvalue weighted by Crippen LogP contribution is 2.44. The van der Waals surface area contributed by atoms with E-state index in [0.717, 1.165) is 10.7 Å². The van der Waals surface area contributed by atoms with Crippen LogP contribution in [-0.4, -0.2) is 72.5 Å². The van der Waals surface area contributed by atoms with Gasteiger partial charge in [-0.05, 0) is 245 Å². The lowest BCUT2D eigenvalue weighted by Gasteiger charge is -2.30. The summed E-state index contributed by atoms with van der Waals surface area (Å²) in [6, 6.07) is 29.7. The van der Waals surface area contributed by atoms with Crippen molar-refractivity contribution in [1.82, 2.24) is 0 Å². The lowest BCUT2D eigenvalue weighted by atomic mass is 10.0. The molecular formula is C45H30I6N2O12. The SMILES string of the molecule is COC(=O)c1cc(I)ccc1N(c1ccc(I)cc1C(=O)OC)c1ccc(I)cc1C(=O)OC.O=C(O)c1cc(I)ccc1N(c1ccc(I)cc1C(=O)O)c1ccc(I)cc1C(=O)O. The van der Waals surface area contributed by atoms with E-state index >= 15 is 0 Å². The molecule has 0 saturated carbocycles. The first-order valence-corrected chi connectivity index (χ1v) is 24.6. The van der Waals surface area contributed by atoms with Gasteiger partial charge >= 0.3 is 35.8 Å². The second-order valence-electron chi connectivity index (χ2n) is 13.0. The number of halogens is 6. The summed E-state index contributed by atoms with van der Waals surface area (Å²) in [4.78, 5) is 77.4. The fraction of sp³-hybridized carbons (Fsp3) is 0.0667. The number of rotatable bonds is 12. The molecule has 0 amide bonds. The van der Waals surface area contributed by atoms with Crippen LogP contribution in [0.25, 0.3) is 0 Å². The first kappa shape index (κ1) is 52.1. The second-order valence-corrected chi connectivity index (χ2v) is 20.5. The van der Waals surface area contributed by atoms with Crippen molar-refractivity contribution in [3.63, 3.8) is 0 Å². The number of methoxy groups -OCH3 is 3. The molecule has 6 aromatic rings. The van der Waals surface area contributed by atoms with Crippen LogP contribution in [0, 0.1) is 21.4 Å². The van der Waals surface area contributed by atoms with Gasteiger partial charge in [-0.1, -0.05) is 0 Å². The topological polar surface area (TPSA) is 197 Å². The van der Waals surface area contributed by atoms with Gasteiger partial charge in [-0.15, -0.1) is 0 Å². The van der Waals surface area contributed by atoms with Crippen molar-refractivity contribution in [2.75, 3.05) is 31.1 Å². The van der Waals surface area contributed by atoms with Gasteiger partial charge in [-0.25, -0.2) is 28.8 Å². The standard InChI is InChI=1S/C24H18I3NO6.C21H12I3NO6/c1-32-22(29)16-10-13(25)4-7-19(16)28(20-8-5-14(26)11-17(20)23(30)33-2)21-9-6-15(27)12-18(21)24(31)34-3;22-10-1-4-16(13(7-10)19(26)27)25(17-5-2-11(23)8-14(17)20(28)29)18-6-3-12(24)9-15(18)21(30)31/h4-12H,1-3H3;1-9H,(H,26,27)(H,28,29)(H,30,31). The Morgan fingerprint density at radius 3 is 0.677 bits per heavy atom. The predicted octanol–water partition coefficient (Wildman–Crippen LogP) is 12.4. The van der Waals surface area contributed by atoms with Gasteiger partial charge in [0.15, 0.2) is 0 Å². The molecule has 0 heterocycles. The van der Waals surface area contributed by atoms with Gasteiger partial charge in [0.25, 0.3) is 0 Å². The average molecular weight is 1550 g/mol. The molecule has 334 valence electrons. The largest absolute Gasteiger partial charge is 0.478 e. The van der Waals surface area contributed by atoms with E-state index in [0.29, 0.717) is 27.8 Å². The molecule has 0 atom stereocenters. The lowest BCUT2D eigenvalue weighted by molar-refractivity contribution is 0.0593. The monoisotopic (exact) mass is 1550 g/mol. The number of anilines is 6. The Hall–Kier alpha value is -3.88. The van der Waals surface area contributed by atoms with Crippen molar-refractivity contribution in [1.29, 1.82) is 0 Å². The zero-order valence-electron chi connectivity index (χ0n) is 33.6. The van der Waals surface area contributed by atoms with E-state index in [4.69, 9.17) is 14.2 Å². The summed E-state index contributed by atoms with van der Waals surface area (Å²) in [5.74, 6) is -5.34. The lowest BCUT2D eigenvalue weighted by Crippen LogP contribution is -2.21. The van der Waals surface area contributed by atoms with E-state index < -0.39 is 35.8 Å². The van der Waals surface area contributed by atoms with Gasteiger partial charge in [0.1, 0.15) is 0 Å². The first-order chi connectivity index (χ1) is 30.8. The first-order valence-electron chi connectivity index (χ1n) is 18.1. The van der Waals surface area contributed by atoms with Crippen molar-refractivity contribution < 1.29 is 58.3 Å². The molecule has 0 aromatic heterocycles. The summed E-state index contributed by atoms with van der Waals surface area (Å²) >= 11 is 12.2. The van der Waals surface area contributed by atoms with E-state index in [-0.39, 0.29) is 50.4 Å². The second kappa shape index (κ2) is 23.2. The van der Waals surface area contributed by atoms with Gasteiger partial charge in [0.05, 0.1) is 88.8 Å². The number of carbonyl (C=O) groups excluding carboxylic acids is 3. The minimum absolute atomic E-state index is 0.0864. The maximum absolute atomic E-state index is 12.8. The van der Waals surface area contributed by atoms with Crippen molar-refractivity contribution >= 4 is 205 Å². The Labute approximate surface area is 453 Å². The van der Waals surface area contributed by atoms with Gasteiger partial charge < -0.3 is 39.3 Å². The average Bonchev–Trinajstić information content (AvgIpc) is 3.28. The zero-order valence-corrected chi connectivity index (χ0v) is 46.5. The van der Waals surface area contributed by atoms with Crippen LogP contribution in [0.5, 0.6) is 0 Å². The number of hydrogen-bond donors (Lipinski definition) is 3. The number of carbonyl (C=O) groups is 6. The quantitative estimate of drug-likeness (QED) is 0.0594. The molecule has 0 aliphatic heterocycles. The Kier molecular flexibility index (Phi) is 18.6. The van der Waals surface area contributed by atoms with Crippen LogP contribution < -0.4 is 9.80 Å². The van der Waals surface area contributed by atoms with E-state index in [9.17, 15) is 44.1 Å². The van der Waals surface area contributed by atoms with Crippen LogP contribution in [-0.2, 0) is 14.2 Å². The Morgan fingerprint density at radius 2 is 0.508 bits per heavy atom. The van der Waals surface area contributed by atoms with E-state index in [1.54, 1.807) is 77.7 Å². The normalized spacial score (nSPS) is 10.5. The highest BCUT2D eigenvalue weighted by atomic mass is 127. The van der Waals surface area contributed by atoms with Crippen LogP contribution in [0.1, 0.15) is 62.1 Å². The number of aromatic carboxylic acids is 3. The molecule has 0 aliphatic carbocycles. The fourth-order valence-electron chi connectivity index (χ4n) is 6.33. The number of esters is 3. The number of ether oxygens (including phenoxy) is 3. The molecule has 0 aliphatic rings. The summed E-state index contributed by atoms with van der Waals surface area (Å²) in [5.41, 5.74) is 2.25. The minimum Gasteiger partial charge on any atom is -0.478 e. The molecular weight excluding hydrogens is 1520 g/mol. The van der Waals surface area contributed by atoms with Crippen LogP contribution >= 0.6 is 136 Å². The Balaban J connectivity index is 0.000000245. The third-order valence-corrected chi connectivity index (χ3v) is 13.1. The third-order valence-electron chi connectivity index (χ3n) is 9.10. The van der Waals surface area contributed by atoms with Gasteiger partial charge in [0, 0.05) is 21.4 Å². The van der Waals surface area contributed by atoms with Crippen LogP contribution in [0.15, 0.2) is 109 Å².